The van der Waals surface area contributed by atoms with Crippen molar-refractivity contribution in [1.29, 1.82) is 0 Å². The van der Waals surface area contributed by atoms with Gasteiger partial charge in [-0.1, -0.05) is 30.5 Å². The number of hydrogen-bond acceptors (Lipinski definition) is 5. The van der Waals surface area contributed by atoms with Crippen molar-refractivity contribution in [3.63, 3.8) is 0 Å². The second-order valence-electron chi connectivity index (χ2n) is 8.31. The minimum absolute atomic E-state index is 0.135. The molecule has 1 amide bonds. The van der Waals surface area contributed by atoms with Gasteiger partial charge < -0.3 is 9.64 Å². The SMILES string of the molecule is Cc1ccc(S(=O)(=O)N2CCC(C(=O)O[C@@H](C)C(=O)N3CCCCCC3)CC2)cc1. The van der Waals surface area contributed by atoms with E-state index in [0.29, 0.717) is 12.8 Å². The number of ether oxygens (including phenoxy) is 1. The normalized spacial score (nSPS) is 20.4. The highest BCUT2D eigenvalue weighted by molar-refractivity contribution is 7.89. The fourth-order valence-corrected chi connectivity index (χ4v) is 5.53. The van der Waals surface area contributed by atoms with E-state index in [4.69, 9.17) is 4.74 Å². The van der Waals surface area contributed by atoms with Gasteiger partial charge in [0.25, 0.3) is 5.91 Å². The highest BCUT2D eigenvalue weighted by atomic mass is 32.2. The Bertz CT molecular complexity index is 837. The summed E-state index contributed by atoms with van der Waals surface area (Å²) in [5.41, 5.74) is 0.999. The molecule has 0 N–H and O–H groups in total. The highest BCUT2D eigenvalue weighted by Gasteiger charge is 2.34. The van der Waals surface area contributed by atoms with Crippen LogP contribution in [-0.2, 0) is 24.3 Å². The lowest BCUT2D eigenvalue weighted by Gasteiger charge is -2.31. The molecular weight excluding hydrogens is 404 g/mol. The van der Waals surface area contributed by atoms with Crippen LogP contribution in [0.3, 0.4) is 0 Å². The third-order valence-corrected chi connectivity index (χ3v) is 7.92. The summed E-state index contributed by atoms with van der Waals surface area (Å²) >= 11 is 0. The summed E-state index contributed by atoms with van der Waals surface area (Å²) in [6, 6.07) is 6.78. The third kappa shape index (κ3) is 5.40. The Balaban J connectivity index is 1.52. The number of carbonyl (C=O) groups excluding carboxylic acids is 2. The summed E-state index contributed by atoms with van der Waals surface area (Å²) in [4.78, 5) is 27.2. The standard InChI is InChI=1S/C22H32N2O5S/c1-17-7-9-20(10-8-17)30(27,28)24-15-11-19(12-16-24)22(26)29-18(2)21(25)23-13-5-3-4-6-14-23/h7-10,18-19H,3-6,11-16H2,1-2H3/t18-/m0/s1. The first-order valence-corrected chi connectivity index (χ1v) is 12.3. The number of aryl methyl sites for hydroxylation is 1. The molecule has 2 aliphatic heterocycles. The number of piperidine rings is 1. The van der Waals surface area contributed by atoms with Gasteiger partial charge in [0.15, 0.2) is 6.10 Å². The van der Waals surface area contributed by atoms with Gasteiger partial charge in [-0.2, -0.15) is 4.31 Å². The first-order chi connectivity index (χ1) is 14.3. The Labute approximate surface area is 179 Å². The molecule has 1 aromatic carbocycles. The smallest absolute Gasteiger partial charge is 0.309 e. The Morgan fingerprint density at radius 1 is 0.967 bits per heavy atom. The lowest BCUT2D eigenvalue weighted by Crippen LogP contribution is -2.43. The van der Waals surface area contributed by atoms with Gasteiger partial charge in [0.2, 0.25) is 10.0 Å². The fraction of sp³-hybridized carbons (Fsp3) is 0.636. The van der Waals surface area contributed by atoms with Crippen LogP contribution >= 0.6 is 0 Å². The van der Waals surface area contributed by atoms with Gasteiger partial charge in [0.05, 0.1) is 10.8 Å². The maximum absolute atomic E-state index is 12.8. The van der Waals surface area contributed by atoms with E-state index >= 15 is 0 Å². The molecule has 3 rings (SSSR count). The molecule has 1 aromatic rings. The topological polar surface area (TPSA) is 84.0 Å². The summed E-state index contributed by atoms with van der Waals surface area (Å²) in [6.45, 7) is 5.51. The van der Waals surface area contributed by atoms with Crippen molar-refractivity contribution in [1.82, 2.24) is 9.21 Å². The Morgan fingerprint density at radius 2 is 1.53 bits per heavy atom. The van der Waals surface area contributed by atoms with Gasteiger partial charge in [0, 0.05) is 26.2 Å². The molecule has 30 heavy (non-hydrogen) atoms. The Morgan fingerprint density at radius 3 is 2.10 bits per heavy atom. The van der Waals surface area contributed by atoms with E-state index in [1.807, 2.05) is 6.92 Å². The largest absolute Gasteiger partial charge is 0.452 e. The van der Waals surface area contributed by atoms with Gasteiger partial charge in [0.1, 0.15) is 0 Å². The lowest BCUT2D eigenvalue weighted by molar-refractivity contribution is -0.163. The predicted octanol–water partition coefficient (Wildman–Crippen LogP) is 2.73. The van der Waals surface area contributed by atoms with E-state index in [9.17, 15) is 18.0 Å². The van der Waals surface area contributed by atoms with Crippen molar-refractivity contribution >= 4 is 21.9 Å². The first-order valence-electron chi connectivity index (χ1n) is 10.8. The molecule has 2 aliphatic rings. The summed E-state index contributed by atoms with van der Waals surface area (Å²) < 4.78 is 32.5. The Hall–Kier alpha value is -1.93. The first kappa shape index (κ1) is 22.7. The number of likely N-dealkylation sites (tertiary alicyclic amines) is 1. The maximum Gasteiger partial charge on any atom is 0.309 e. The summed E-state index contributed by atoms with van der Waals surface area (Å²) in [5, 5.41) is 0. The number of esters is 1. The fourth-order valence-electron chi connectivity index (χ4n) is 4.06. The molecule has 2 heterocycles. The molecule has 0 saturated carbocycles. The monoisotopic (exact) mass is 436 g/mol. The van der Waals surface area contributed by atoms with Crippen molar-refractivity contribution in [3.8, 4) is 0 Å². The molecule has 166 valence electrons. The molecule has 0 radical (unpaired) electrons. The molecule has 0 bridgehead atoms. The summed E-state index contributed by atoms with van der Waals surface area (Å²) in [7, 11) is -3.56. The van der Waals surface area contributed by atoms with Gasteiger partial charge in [-0.3, -0.25) is 9.59 Å². The molecular formula is C22H32N2O5S. The molecule has 8 heteroatoms. The zero-order valence-electron chi connectivity index (χ0n) is 17.9. The zero-order chi connectivity index (χ0) is 21.7. The van der Waals surface area contributed by atoms with E-state index in [2.05, 4.69) is 0 Å². The molecule has 0 spiro atoms. The van der Waals surface area contributed by atoms with Crippen LogP contribution in [0, 0.1) is 12.8 Å². The van der Waals surface area contributed by atoms with Crippen LogP contribution in [0.4, 0.5) is 0 Å². The molecule has 0 aromatic heterocycles. The molecule has 2 saturated heterocycles. The van der Waals surface area contributed by atoms with Gasteiger partial charge in [-0.15, -0.1) is 0 Å². The zero-order valence-corrected chi connectivity index (χ0v) is 18.7. The molecule has 1 atom stereocenters. The number of carbonyl (C=O) groups is 2. The number of sulfonamides is 1. The quantitative estimate of drug-likeness (QED) is 0.663. The number of nitrogens with zero attached hydrogens (tertiary/aromatic N) is 2. The minimum Gasteiger partial charge on any atom is -0.452 e. The van der Waals surface area contributed by atoms with E-state index < -0.39 is 22.1 Å². The lowest BCUT2D eigenvalue weighted by atomic mass is 9.98. The number of rotatable bonds is 5. The number of amides is 1. The van der Waals surface area contributed by atoms with Crippen LogP contribution in [0.15, 0.2) is 29.2 Å². The average Bonchev–Trinajstić information content (AvgIpc) is 3.03. The third-order valence-electron chi connectivity index (χ3n) is 6.00. The van der Waals surface area contributed by atoms with Crippen molar-refractivity contribution < 1.29 is 22.7 Å². The van der Waals surface area contributed by atoms with Crippen LogP contribution in [-0.4, -0.2) is 61.8 Å². The van der Waals surface area contributed by atoms with Crippen molar-refractivity contribution in [2.45, 2.75) is 63.4 Å². The van der Waals surface area contributed by atoms with Gasteiger partial charge in [-0.05, 0) is 51.7 Å². The van der Waals surface area contributed by atoms with E-state index in [0.717, 1.165) is 44.3 Å². The second-order valence-corrected chi connectivity index (χ2v) is 10.2. The van der Waals surface area contributed by atoms with Crippen molar-refractivity contribution in [3.05, 3.63) is 29.8 Å². The highest BCUT2D eigenvalue weighted by Crippen LogP contribution is 2.25. The van der Waals surface area contributed by atoms with Gasteiger partial charge >= 0.3 is 5.97 Å². The van der Waals surface area contributed by atoms with E-state index in [1.54, 1.807) is 36.1 Å². The average molecular weight is 437 g/mol. The Kier molecular flexibility index (Phi) is 7.52. The van der Waals surface area contributed by atoms with Crippen molar-refractivity contribution in [2.75, 3.05) is 26.2 Å². The molecule has 2 fully saturated rings. The number of benzene rings is 1. The van der Waals surface area contributed by atoms with Crippen molar-refractivity contribution in [2.24, 2.45) is 5.92 Å². The summed E-state index contributed by atoms with van der Waals surface area (Å²) in [6.07, 6.45) is 4.22. The van der Waals surface area contributed by atoms with Gasteiger partial charge in [-0.25, -0.2) is 8.42 Å². The van der Waals surface area contributed by atoms with Crippen LogP contribution in [0.2, 0.25) is 0 Å². The van der Waals surface area contributed by atoms with Crippen LogP contribution < -0.4 is 0 Å². The maximum atomic E-state index is 12.8. The van der Waals surface area contributed by atoms with Crippen LogP contribution in [0.25, 0.3) is 0 Å². The van der Waals surface area contributed by atoms with E-state index in [1.165, 1.54) is 4.31 Å². The molecule has 0 aliphatic carbocycles. The van der Waals surface area contributed by atoms with Crippen LogP contribution in [0.1, 0.15) is 51.0 Å². The van der Waals surface area contributed by atoms with Crippen LogP contribution in [0.5, 0.6) is 0 Å². The molecule has 7 nitrogen and oxygen atoms in total. The predicted molar refractivity (Wildman–Crippen MR) is 113 cm³/mol. The summed E-state index contributed by atoms with van der Waals surface area (Å²) in [5.74, 6) is -0.920. The number of hydrogen-bond donors (Lipinski definition) is 0. The minimum atomic E-state index is -3.56. The van der Waals surface area contributed by atoms with E-state index in [-0.39, 0.29) is 29.8 Å². The second kappa shape index (κ2) is 9.92. The molecule has 0 unspecified atom stereocenters.